The van der Waals surface area contributed by atoms with E-state index in [1.807, 2.05) is 0 Å². The zero-order chi connectivity index (χ0) is 5.11. The van der Waals surface area contributed by atoms with Crippen molar-refractivity contribution in [2.24, 2.45) is 0 Å². The first kappa shape index (κ1) is 11.5. The Kier molecular flexibility index (Phi) is 7.37. The summed E-state index contributed by atoms with van der Waals surface area (Å²) >= 11 is 0. The molecule has 2 nitrogen and oxygen atoms in total. The maximum absolute atomic E-state index is 8.60. The van der Waals surface area contributed by atoms with E-state index in [-0.39, 0.29) is 30.6 Å². The number of allylic oxidation sites excluding steroid dienone is 1. The van der Waals surface area contributed by atoms with E-state index in [1.54, 1.807) is 6.08 Å². The molecule has 0 saturated carbocycles. The molecule has 0 aromatic heterocycles. The van der Waals surface area contributed by atoms with Crippen LogP contribution in [0, 0.1) is 0 Å². The summed E-state index contributed by atoms with van der Waals surface area (Å²) in [5.74, 6) is 0.284. The molecule has 0 amide bonds. The van der Waals surface area contributed by atoms with E-state index in [0.29, 0.717) is 6.61 Å². The van der Waals surface area contributed by atoms with Gasteiger partial charge in [-0.1, -0.05) is 0 Å². The number of aliphatic hydroxyl groups excluding tert-OH is 1. The quantitative estimate of drug-likeness (QED) is 0.602. The Balaban J connectivity index is 0. The first-order valence-corrected chi connectivity index (χ1v) is 2.07. The summed E-state index contributed by atoms with van der Waals surface area (Å²) < 4.78 is 4.72. The predicted molar refractivity (Wildman–Crippen MR) is 40.3 cm³/mol. The molecule has 1 aliphatic rings. The molecular formula is C5H8Cl2O2. The van der Waals surface area contributed by atoms with Crippen molar-refractivity contribution in [3.8, 4) is 0 Å². The third-order valence-corrected chi connectivity index (χ3v) is 0.724. The van der Waals surface area contributed by atoms with E-state index in [1.165, 1.54) is 12.3 Å². The maximum atomic E-state index is 8.60. The first-order chi connectivity index (χ1) is 3.39. The van der Waals surface area contributed by atoms with Crippen LogP contribution < -0.4 is 0 Å². The molecular weight excluding hydrogens is 163 g/mol. The van der Waals surface area contributed by atoms with Crippen LogP contribution in [0.25, 0.3) is 0 Å². The van der Waals surface area contributed by atoms with Crippen LogP contribution in [-0.4, -0.2) is 11.7 Å². The van der Waals surface area contributed by atoms with Gasteiger partial charge in [0.25, 0.3) is 0 Å². The smallest absolute Gasteiger partial charge is 0.118 e. The molecule has 1 rings (SSSR count). The Bertz CT molecular complexity index is 120. The summed E-state index contributed by atoms with van der Waals surface area (Å²) in [7, 11) is 0. The molecule has 0 aliphatic carbocycles. The second kappa shape index (κ2) is 5.79. The SMILES string of the molecule is Cl.Cl.OC1=CCOC=C1. The lowest BCUT2D eigenvalue weighted by atomic mass is 10.4. The highest BCUT2D eigenvalue weighted by Gasteiger charge is 1.88. The Morgan fingerprint density at radius 3 is 2.33 bits per heavy atom. The molecule has 54 valence electrons. The van der Waals surface area contributed by atoms with Crippen molar-refractivity contribution in [3.63, 3.8) is 0 Å². The maximum Gasteiger partial charge on any atom is 0.118 e. The lowest BCUT2D eigenvalue weighted by molar-refractivity contribution is 0.271. The van der Waals surface area contributed by atoms with Gasteiger partial charge in [0.1, 0.15) is 12.4 Å². The van der Waals surface area contributed by atoms with Crippen LogP contribution in [0.3, 0.4) is 0 Å². The highest BCUT2D eigenvalue weighted by molar-refractivity contribution is 5.85. The van der Waals surface area contributed by atoms with Gasteiger partial charge in [-0.2, -0.15) is 0 Å². The minimum Gasteiger partial charge on any atom is -0.508 e. The highest BCUT2D eigenvalue weighted by Crippen LogP contribution is 1.96. The van der Waals surface area contributed by atoms with Gasteiger partial charge in [0.05, 0.1) is 6.26 Å². The fourth-order valence-electron chi connectivity index (χ4n) is 0.375. The van der Waals surface area contributed by atoms with Crippen LogP contribution in [0.15, 0.2) is 24.2 Å². The molecule has 1 aliphatic heterocycles. The van der Waals surface area contributed by atoms with E-state index in [4.69, 9.17) is 9.84 Å². The van der Waals surface area contributed by atoms with Crippen LogP contribution >= 0.6 is 24.8 Å². The monoisotopic (exact) mass is 170 g/mol. The predicted octanol–water partition coefficient (Wildman–Crippen LogP) is 1.82. The van der Waals surface area contributed by atoms with E-state index < -0.39 is 0 Å². The summed E-state index contributed by atoms with van der Waals surface area (Å²) in [6.07, 6.45) is 4.57. The average Bonchev–Trinajstić information content (AvgIpc) is 1.69. The van der Waals surface area contributed by atoms with Crippen molar-refractivity contribution >= 4 is 24.8 Å². The summed E-state index contributed by atoms with van der Waals surface area (Å²) in [5.41, 5.74) is 0. The molecule has 1 N–H and O–H groups in total. The average molecular weight is 171 g/mol. The molecule has 0 unspecified atom stereocenters. The fraction of sp³-hybridized carbons (Fsp3) is 0.200. The number of hydrogen-bond donors (Lipinski definition) is 1. The van der Waals surface area contributed by atoms with Crippen molar-refractivity contribution in [1.29, 1.82) is 0 Å². The second-order valence-electron chi connectivity index (χ2n) is 1.27. The molecule has 9 heavy (non-hydrogen) atoms. The highest BCUT2D eigenvalue weighted by atomic mass is 35.5. The van der Waals surface area contributed by atoms with E-state index in [9.17, 15) is 0 Å². The standard InChI is InChI=1S/C5H6O2.2ClH/c6-5-1-3-7-4-2-5;;/h1-3,6H,4H2;2*1H. The van der Waals surface area contributed by atoms with E-state index in [2.05, 4.69) is 0 Å². The second-order valence-corrected chi connectivity index (χ2v) is 1.27. The third-order valence-electron chi connectivity index (χ3n) is 0.724. The lowest BCUT2D eigenvalue weighted by Crippen LogP contribution is -1.89. The van der Waals surface area contributed by atoms with Crippen molar-refractivity contribution < 1.29 is 9.84 Å². The van der Waals surface area contributed by atoms with Gasteiger partial charge >= 0.3 is 0 Å². The molecule has 1 heterocycles. The lowest BCUT2D eigenvalue weighted by Gasteiger charge is -1.99. The number of rotatable bonds is 0. The van der Waals surface area contributed by atoms with E-state index >= 15 is 0 Å². The summed E-state index contributed by atoms with van der Waals surface area (Å²) in [4.78, 5) is 0. The van der Waals surface area contributed by atoms with Gasteiger partial charge in [0.15, 0.2) is 0 Å². The van der Waals surface area contributed by atoms with Crippen molar-refractivity contribution in [2.45, 2.75) is 0 Å². The molecule has 0 radical (unpaired) electrons. The minimum atomic E-state index is 0. The van der Waals surface area contributed by atoms with Crippen molar-refractivity contribution in [1.82, 2.24) is 0 Å². The van der Waals surface area contributed by atoms with Crippen molar-refractivity contribution in [2.75, 3.05) is 6.61 Å². The van der Waals surface area contributed by atoms with Crippen LogP contribution in [0.1, 0.15) is 0 Å². The van der Waals surface area contributed by atoms with Gasteiger partial charge in [-0.15, -0.1) is 24.8 Å². The summed E-state index contributed by atoms with van der Waals surface area (Å²) in [6, 6.07) is 0. The number of ether oxygens (including phenoxy) is 1. The largest absolute Gasteiger partial charge is 0.508 e. The number of hydrogen-bond acceptors (Lipinski definition) is 2. The first-order valence-electron chi connectivity index (χ1n) is 2.07. The fourth-order valence-corrected chi connectivity index (χ4v) is 0.375. The topological polar surface area (TPSA) is 29.5 Å². The van der Waals surface area contributed by atoms with Gasteiger partial charge in [0.2, 0.25) is 0 Å². The molecule has 0 atom stereocenters. The normalized spacial score (nSPS) is 14.0. The Morgan fingerprint density at radius 1 is 1.44 bits per heavy atom. The molecule has 4 heteroatoms. The molecule has 0 saturated heterocycles. The molecule has 0 aromatic carbocycles. The number of aliphatic hydroxyl groups is 1. The molecule has 0 spiro atoms. The van der Waals surface area contributed by atoms with Crippen LogP contribution in [0.5, 0.6) is 0 Å². The Morgan fingerprint density at radius 2 is 2.11 bits per heavy atom. The van der Waals surface area contributed by atoms with Crippen LogP contribution in [0.2, 0.25) is 0 Å². The number of halogens is 2. The van der Waals surface area contributed by atoms with Crippen LogP contribution in [-0.2, 0) is 4.74 Å². The molecule has 0 aromatic rings. The van der Waals surface area contributed by atoms with E-state index in [0.717, 1.165) is 0 Å². The molecule has 0 fully saturated rings. The zero-order valence-corrected chi connectivity index (χ0v) is 6.24. The Labute approximate surface area is 66.0 Å². The van der Waals surface area contributed by atoms with Gasteiger partial charge in [-0.3, -0.25) is 0 Å². The minimum absolute atomic E-state index is 0. The van der Waals surface area contributed by atoms with Crippen LogP contribution in [0.4, 0.5) is 0 Å². The summed E-state index contributed by atoms with van der Waals surface area (Å²) in [5, 5.41) is 8.60. The van der Waals surface area contributed by atoms with Gasteiger partial charge < -0.3 is 9.84 Å². The summed E-state index contributed by atoms with van der Waals surface area (Å²) in [6.45, 7) is 0.488. The van der Waals surface area contributed by atoms with Crippen molar-refractivity contribution in [3.05, 3.63) is 24.2 Å². The Hall–Kier alpha value is -0.340. The zero-order valence-electron chi connectivity index (χ0n) is 4.61. The third kappa shape index (κ3) is 4.18. The molecule has 0 bridgehead atoms. The van der Waals surface area contributed by atoms with Gasteiger partial charge in [-0.05, 0) is 6.08 Å². The van der Waals surface area contributed by atoms with Gasteiger partial charge in [0, 0.05) is 6.08 Å². The van der Waals surface area contributed by atoms with Gasteiger partial charge in [-0.25, -0.2) is 0 Å².